The molecule has 2 unspecified atom stereocenters. The molecular formula is C15H20F2N2O. The molecule has 5 heteroatoms. The highest BCUT2D eigenvalue weighted by atomic mass is 19.3. The van der Waals surface area contributed by atoms with Gasteiger partial charge < -0.3 is 9.64 Å². The molecule has 1 aromatic carbocycles. The molecular weight excluding hydrogens is 262 g/mol. The fourth-order valence-electron chi connectivity index (χ4n) is 3.41. The Morgan fingerprint density at radius 2 is 2.05 bits per heavy atom. The number of rotatable bonds is 3. The van der Waals surface area contributed by atoms with Gasteiger partial charge >= 0.3 is 6.61 Å². The highest BCUT2D eigenvalue weighted by molar-refractivity contribution is 5.59. The van der Waals surface area contributed by atoms with E-state index in [0.717, 1.165) is 25.3 Å². The van der Waals surface area contributed by atoms with Crippen molar-refractivity contribution >= 4 is 5.69 Å². The van der Waals surface area contributed by atoms with Gasteiger partial charge in [0, 0.05) is 25.2 Å². The average Bonchev–Trinajstić information content (AvgIpc) is 2.85. The predicted octanol–water partition coefficient (Wildman–Crippen LogP) is 2.96. The third kappa shape index (κ3) is 2.59. The van der Waals surface area contributed by atoms with Crippen LogP contribution in [-0.4, -0.2) is 43.2 Å². The maximum absolute atomic E-state index is 12.5. The monoisotopic (exact) mass is 282 g/mol. The number of fused-ring (bicyclic) bond motifs is 1. The highest BCUT2D eigenvalue weighted by Crippen LogP contribution is 2.34. The zero-order chi connectivity index (χ0) is 14.1. The number of benzene rings is 1. The molecule has 0 spiro atoms. The molecule has 2 saturated heterocycles. The third-order valence-corrected chi connectivity index (χ3v) is 4.33. The van der Waals surface area contributed by atoms with Crippen LogP contribution in [-0.2, 0) is 0 Å². The van der Waals surface area contributed by atoms with E-state index in [9.17, 15) is 8.78 Å². The van der Waals surface area contributed by atoms with E-state index in [4.69, 9.17) is 0 Å². The smallest absolute Gasteiger partial charge is 0.387 e. The molecule has 0 N–H and O–H groups in total. The molecule has 0 bridgehead atoms. The first kappa shape index (κ1) is 13.6. The molecule has 20 heavy (non-hydrogen) atoms. The van der Waals surface area contributed by atoms with Crippen LogP contribution >= 0.6 is 0 Å². The SMILES string of the molecule is CC1CN2CCCC2CN1c1ccccc1OC(F)F. The number of hydrogen-bond acceptors (Lipinski definition) is 3. The van der Waals surface area contributed by atoms with E-state index in [0.29, 0.717) is 12.1 Å². The second-order valence-corrected chi connectivity index (χ2v) is 5.64. The lowest BCUT2D eigenvalue weighted by Gasteiger charge is -2.44. The first-order chi connectivity index (χ1) is 9.65. The van der Waals surface area contributed by atoms with Gasteiger partial charge in [0.1, 0.15) is 5.75 Å². The second kappa shape index (κ2) is 5.56. The number of hydrogen-bond donors (Lipinski definition) is 0. The van der Waals surface area contributed by atoms with Crippen molar-refractivity contribution in [2.45, 2.75) is 38.5 Å². The van der Waals surface area contributed by atoms with E-state index >= 15 is 0 Å². The standard InChI is InChI=1S/C15H20F2N2O/c1-11-9-18-8-4-5-12(18)10-19(11)13-6-2-3-7-14(13)20-15(16)17/h2-3,6-7,11-12,15H,4-5,8-10H2,1H3. The van der Waals surface area contributed by atoms with Gasteiger partial charge in [-0.15, -0.1) is 0 Å². The topological polar surface area (TPSA) is 15.7 Å². The summed E-state index contributed by atoms with van der Waals surface area (Å²) < 4.78 is 29.7. The van der Waals surface area contributed by atoms with Crippen molar-refractivity contribution < 1.29 is 13.5 Å². The van der Waals surface area contributed by atoms with Crippen molar-refractivity contribution in [3.8, 4) is 5.75 Å². The summed E-state index contributed by atoms with van der Waals surface area (Å²) in [6, 6.07) is 7.96. The first-order valence-electron chi connectivity index (χ1n) is 7.19. The quantitative estimate of drug-likeness (QED) is 0.847. The Hall–Kier alpha value is -1.36. The molecule has 0 aromatic heterocycles. The maximum Gasteiger partial charge on any atom is 0.387 e. The molecule has 0 aliphatic carbocycles. The van der Waals surface area contributed by atoms with E-state index in [1.807, 2.05) is 12.1 Å². The fraction of sp³-hybridized carbons (Fsp3) is 0.600. The average molecular weight is 282 g/mol. The minimum Gasteiger partial charge on any atom is -0.433 e. The molecule has 1 aromatic rings. The summed E-state index contributed by atoms with van der Waals surface area (Å²) in [4.78, 5) is 4.72. The zero-order valence-corrected chi connectivity index (χ0v) is 11.6. The summed E-state index contributed by atoms with van der Waals surface area (Å²) in [6.45, 7) is 2.42. The van der Waals surface area contributed by atoms with Gasteiger partial charge in [-0.1, -0.05) is 12.1 Å². The van der Waals surface area contributed by atoms with Gasteiger partial charge in [0.25, 0.3) is 0 Å². The summed E-state index contributed by atoms with van der Waals surface area (Å²) in [7, 11) is 0. The Morgan fingerprint density at radius 3 is 2.85 bits per heavy atom. The van der Waals surface area contributed by atoms with Gasteiger partial charge in [0.05, 0.1) is 5.69 Å². The van der Waals surface area contributed by atoms with E-state index in [1.165, 1.54) is 12.8 Å². The van der Waals surface area contributed by atoms with Gasteiger partial charge in [-0.05, 0) is 38.4 Å². The van der Waals surface area contributed by atoms with Crippen molar-refractivity contribution in [3.05, 3.63) is 24.3 Å². The van der Waals surface area contributed by atoms with Gasteiger partial charge in [-0.3, -0.25) is 4.90 Å². The molecule has 2 fully saturated rings. The molecule has 2 atom stereocenters. The van der Waals surface area contributed by atoms with E-state index in [1.54, 1.807) is 12.1 Å². The molecule has 2 heterocycles. The lowest BCUT2D eigenvalue weighted by molar-refractivity contribution is -0.0496. The summed E-state index contributed by atoms with van der Waals surface area (Å²) in [5, 5.41) is 0. The van der Waals surface area contributed by atoms with Gasteiger partial charge in [0.15, 0.2) is 0 Å². The Kier molecular flexibility index (Phi) is 3.78. The maximum atomic E-state index is 12.5. The van der Waals surface area contributed by atoms with Crippen LogP contribution in [0.5, 0.6) is 5.75 Å². The Labute approximate surface area is 118 Å². The van der Waals surface area contributed by atoms with Crippen LogP contribution in [0.4, 0.5) is 14.5 Å². The predicted molar refractivity (Wildman–Crippen MR) is 74.5 cm³/mol. The van der Waals surface area contributed by atoms with E-state index < -0.39 is 6.61 Å². The third-order valence-electron chi connectivity index (χ3n) is 4.33. The van der Waals surface area contributed by atoms with Crippen LogP contribution < -0.4 is 9.64 Å². The zero-order valence-electron chi connectivity index (χ0n) is 11.6. The normalized spacial score (nSPS) is 26.9. The van der Waals surface area contributed by atoms with Gasteiger partial charge in [-0.2, -0.15) is 8.78 Å². The van der Waals surface area contributed by atoms with E-state index in [-0.39, 0.29) is 5.75 Å². The van der Waals surface area contributed by atoms with Crippen LogP contribution in [0.2, 0.25) is 0 Å². The largest absolute Gasteiger partial charge is 0.433 e. The number of piperazine rings is 1. The van der Waals surface area contributed by atoms with Crippen molar-refractivity contribution in [2.75, 3.05) is 24.5 Å². The second-order valence-electron chi connectivity index (χ2n) is 5.64. The summed E-state index contributed by atoms with van der Waals surface area (Å²) in [5.41, 5.74) is 0.784. The Bertz CT molecular complexity index is 469. The lowest BCUT2D eigenvalue weighted by atomic mass is 10.1. The Morgan fingerprint density at radius 1 is 1.25 bits per heavy atom. The number of alkyl halides is 2. The van der Waals surface area contributed by atoms with Crippen molar-refractivity contribution in [1.29, 1.82) is 0 Å². The molecule has 0 saturated carbocycles. The summed E-state index contributed by atoms with van der Waals surface area (Å²) in [5.74, 6) is 0.279. The highest BCUT2D eigenvalue weighted by Gasteiger charge is 2.35. The van der Waals surface area contributed by atoms with Crippen molar-refractivity contribution in [2.24, 2.45) is 0 Å². The molecule has 110 valence electrons. The molecule has 3 rings (SSSR count). The fourth-order valence-corrected chi connectivity index (χ4v) is 3.41. The summed E-state index contributed by atoms with van der Waals surface area (Å²) in [6.07, 6.45) is 2.43. The lowest BCUT2D eigenvalue weighted by Crippen LogP contribution is -2.55. The van der Waals surface area contributed by atoms with Crippen molar-refractivity contribution in [3.63, 3.8) is 0 Å². The number of nitrogens with zero attached hydrogens (tertiary/aromatic N) is 2. The first-order valence-corrected chi connectivity index (χ1v) is 7.19. The van der Waals surface area contributed by atoms with Gasteiger partial charge in [0.2, 0.25) is 0 Å². The molecule has 0 radical (unpaired) electrons. The van der Waals surface area contributed by atoms with Crippen LogP contribution in [0.15, 0.2) is 24.3 Å². The number of para-hydroxylation sites is 2. The minimum atomic E-state index is -2.78. The van der Waals surface area contributed by atoms with Crippen LogP contribution in [0.3, 0.4) is 0 Å². The molecule has 0 amide bonds. The van der Waals surface area contributed by atoms with Crippen LogP contribution in [0.1, 0.15) is 19.8 Å². The van der Waals surface area contributed by atoms with Crippen LogP contribution in [0, 0.1) is 0 Å². The number of anilines is 1. The van der Waals surface area contributed by atoms with Crippen LogP contribution in [0.25, 0.3) is 0 Å². The molecule has 3 nitrogen and oxygen atoms in total. The Balaban J connectivity index is 1.84. The molecule has 2 aliphatic rings. The number of ether oxygens (including phenoxy) is 1. The summed E-state index contributed by atoms with van der Waals surface area (Å²) >= 11 is 0. The molecule has 2 aliphatic heterocycles. The minimum absolute atomic E-state index is 0.279. The van der Waals surface area contributed by atoms with E-state index in [2.05, 4.69) is 21.5 Å². The van der Waals surface area contributed by atoms with Crippen molar-refractivity contribution in [1.82, 2.24) is 4.90 Å². The van der Waals surface area contributed by atoms with Gasteiger partial charge in [-0.25, -0.2) is 0 Å². The number of halogens is 2.